The molecule has 0 aliphatic rings. The summed E-state index contributed by atoms with van der Waals surface area (Å²) in [7, 11) is 0. The molecule has 0 spiro atoms. The van der Waals surface area contributed by atoms with Gasteiger partial charge in [0, 0.05) is 29.9 Å². The molecule has 5 heteroatoms. The number of pyridine rings is 1. The van der Waals surface area contributed by atoms with Crippen LogP contribution in [0.3, 0.4) is 0 Å². The molecule has 3 aromatic rings. The lowest BCUT2D eigenvalue weighted by Crippen LogP contribution is -3.00. The number of hydrogen-bond acceptors (Lipinski definition) is 3. The molecule has 0 radical (unpaired) electrons. The third kappa shape index (κ3) is 6.05. The molecule has 1 aromatic heterocycles. The fourth-order valence-electron chi connectivity index (χ4n) is 2.36. The predicted octanol–water partition coefficient (Wildman–Crippen LogP) is 1.61. The van der Waals surface area contributed by atoms with E-state index in [1.54, 1.807) is 6.20 Å². The summed E-state index contributed by atoms with van der Waals surface area (Å²) in [4.78, 5) is 4.30. The largest absolute Gasteiger partial charge is 1.00 e. The molecule has 0 amide bonds. The highest BCUT2D eigenvalue weighted by atomic mass is 35.5. The number of aromatic nitrogens is 1. The first kappa shape index (κ1) is 19.3. The van der Waals surface area contributed by atoms with Gasteiger partial charge in [-0.15, -0.1) is 0 Å². The van der Waals surface area contributed by atoms with Crippen molar-refractivity contribution in [1.29, 1.82) is 0 Å². The Morgan fingerprint density at radius 3 is 2.56 bits per heavy atom. The van der Waals surface area contributed by atoms with Crippen LogP contribution in [0.4, 0.5) is 0 Å². The highest BCUT2D eigenvalue weighted by Gasteiger charge is 2.02. The second kappa shape index (κ2) is 10.0. The van der Waals surface area contributed by atoms with Crippen LogP contribution in [-0.2, 0) is 19.7 Å². The third-order valence-electron chi connectivity index (χ3n) is 3.61. The fraction of sp³-hybridized carbons (Fsp3) is 0.150. The highest BCUT2D eigenvalue weighted by Crippen LogP contribution is 2.19. The maximum Gasteiger partial charge on any atom is 0.120 e. The molecule has 0 saturated heterocycles. The van der Waals surface area contributed by atoms with Crippen molar-refractivity contribution in [2.24, 2.45) is 0 Å². The second-order valence-corrected chi connectivity index (χ2v) is 5.86. The average molecular weight is 374 g/mol. The van der Waals surface area contributed by atoms with E-state index >= 15 is 0 Å². The summed E-state index contributed by atoms with van der Waals surface area (Å²) in [6.45, 7) is 1.97. The summed E-state index contributed by atoms with van der Waals surface area (Å²) in [6.07, 6.45) is 1.81. The first-order valence-electron chi connectivity index (χ1n) is 7.87. The molecule has 0 unspecified atom stereocenters. The number of halogens is 2. The lowest BCUT2D eigenvalue weighted by Gasteiger charge is -2.10. The Morgan fingerprint density at radius 1 is 0.920 bits per heavy atom. The summed E-state index contributed by atoms with van der Waals surface area (Å²) in [6, 6.07) is 21.7. The number of nitrogens with one attached hydrogen (secondary N) is 1. The van der Waals surface area contributed by atoms with Crippen LogP contribution in [-0.4, -0.2) is 4.98 Å². The number of ether oxygens (including phenoxy) is 1. The van der Waals surface area contributed by atoms with Crippen molar-refractivity contribution in [3.8, 4) is 5.75 Å². The fourth-order valence-corrected chi connectivity index (χ4v) is 2.55. The van der Waals surface area contributed by atoms with Crippen LogP contribution in [0.1, 0.15) is 16.8 Å². The van der Waals surface area contributed by atoms with Gasteiger partial charge in [0.05, 0.1) is 5.69 Å². The van der Waals surface area contributed by atoms with Crippen molar-refractivity contribution < 1.29 is 17.1 Å². The minimum atomic E-state index is 0. The molecule has 0 aliphatic carbocycles. The quantitative estimate of drug-likeness (QED) is 0.683. The zero-order chi connectivity index (χ0) is 16.6. The number of benzene rings is 2. The van der Waals surface area contributed by atoms with Crippen LogP contribution < -0.4 is 22.5 Å². The summed E-state index contributed by atoms with van der Waals surface area (Å²) >= 11 is 6.15. The summed E-state index contributed by atoms with van der Waals surface area (Å²) < 4.78 is 5.85. The molecule has 0 aliphatic heterocycles. The first-order valence-corrected chi connectivity index (χ1v) is 8.25. The molecule has 25 heavy (non-hydrogen) atoms. The Bertz CT molecular complexity index is 781. The number of nitrogens with zero attached hydrogens (tertiary/aromatic N) is 1. The third-order valence-corrected chi connectivity index (χ3v) is 3.98. The Kier molecular flexibility index (Phi) is 7.74. The minimum Gasteiger partial charge on any atom is -1.00 e. The Morgan fingerprint density at radius 2 is 1.76 bits per heavy atom. The molecule has 0 bridgehead atoms. The van der Waals surface area contributed by atoms with E-state index in [-0.39, 0.29) is 12.4 Å². The number of hydrogen-bond donors (Lipinski definition) is 1. The van der Waals surface area contributed by atoms with Gasteiger partial charge in [0.1, 0.15) is 12.4 Å². The van der Waals surface area contributed by atoms with Gasteiger partial charge >= 0.3 is 0 Å². The minimum absolute atomic E-state index is 0. The van der Waals surface area contributed by atoms with Crippen molar-refractivity contribution in [2.45, 2.75) is 19.7 Å². The normalized spacial score (nSPS) is 10.1. The summed E-state index contributed by atoms with van der Waals surface area (Å²) in [5, 5.41) is 4.12. The van der Waals surface area contributed by atoms with Crippen LogP contribution in [0.25, 0.3) is 0 Å². The summed E-state index contributed by atoms with van der Waals surface area (Å²) in [5.41, 5.74) is 3.18. The average Bonchev–Trinajstić information content (AvgIpc) is 2.62. The van der Waals surface area contributed by atoms with Crippen LogP contribution >= 0.6 is 11.6 Å². The SMILES string of the molecule is Clc1ccccc1COc1cccc(CNCc2ccccn2)c1.[Cl-]. The van der Waals surface area contributed by atoms with E-state index in [1.165, 1.54) is 5.56 Å². The van der Waals surface area contributed by atoms with E-state index in [2.05, 4.69) is 16.4 Å². The smallest absolute Gasteiger partial charge is 0.120 e. The molecule has 0 saturated carbocycles. The van der Waals surface area contributed by atoms with Crippen LogP contribution in [0.2, 0.25) is 5.02 Å². The molecule has 1 N–H and O–H groups in total. The molecule has 3 nitrogen and oxygen atoms in total. The second-order valence-electron chi connectivity index (χ2n) is 5.45. The summed E-state index contributed by atoms with van der Waals surface area (Å²) in [5.74, 6) is 0.840. The van der Waals surface area contributed by atoms with E-state index in [0.717, 1.165) is 35.1 Å². The van der Waals surface area contributed by atoms with E-state index < -0.39 is 0 Å². The maximum absolute atomic E-state index is 6.15. The van der Waals surface area contributed by atoms with Gasteiger partial charge < -0.3 is 22.5 Å². The Labute approximate surface area is 159 Å². The van der Waals surface area contributed by atoms with Crippen molar-refractivity contribution in [1.82, 2.24) is 10.3 Å². The van der Waals surface area contributed by atoms with E-state index in [1.807, 2.05) is 60.7 Å². The Balaban J connectivity index is 0.00000225. The molecular formula is C20H19Cl2N2O-. The van der Waals surface area contributed by atoms with Crippen molar-refractivity contribution >= 4 is 11.6 Å². The Hall–Kier alpha value is -2.07. The lowest BCUT2D eigenvalue weighted by molar-refractivity contribution is -0.00000522. The molecule has 0 atom stereocenters. The van der Waals surface area contributed by atoms with E-state index in [4.69, 9.17) is 16.3 Å². The van der Waals surface area contributed by atoms with Crippen LogP contribution in [0.5, 0.6) is 5.75 Å². The number of rotatable bonds is 7. The first-order chi connectivity index (χ1) is 11.8. The monoisotopic (exact) mass is 373 g/mol. The van der Waals surface area contributed by atoms with Crippen LogP contribution in [0.15, 0.2) is 72.9 Å². The van der Waals surface area contributed by atoms with Gasteiger partial charge in [-0.2, -0.15) is 0 Å². The van der Waals surface area contributed by atoms with Crippen LogP contribution in [0, 0.1) is 0 Å². The standard InChI is InChI=1S/C20H19ClN2O.ClH/c21-20-10-2-1-7-17(20)15-24-19-9-5-6-16(12-19)13-22-14-18-8-3-4-11-23-18;/h1-12,22H,13-15H2;1H/p-1. The van der Waals surface area contributed by atoms with Gasteiger partial charge in [-0.3, -0.25) is 4.98 Å². The van der Waals surface area contributed by atoms with Gasteiger partial charge in [-0.05, 0) is 35.9 Å². The van der Waals surface area contributed by atoms with Gasteiger partial charge in [0.25, 0.3) is 0 Å². The van der Waals surface area contributed by atoms with Gasteiger partial charge in [-0.25, -0.2) is 0 Å². The maximum atomic E-state index is 6.15. The van der Waals surface area contributed by atoms with Crippen molar-refractivity contribution in [3.63, 3.8) is 0 Å². The zero-order valence-electron chi connectivity index (χ0n) is 13.7. The topological polar surface area (TPSA) is 34.1 Å². The lowest BCUT2D eigenvalue weighted by atomic mass is 10.2. The van der Waals surface area contributed by atoms with Gasteiger partial charge in [0.15, 0.2) is 0 Å². The molecule has 3 rings (SSSR count). The van der Waals surface area contributed by atoms with Crippen molar-refractivity contribution in [2.75, 3.05) is 0 Å². The van der Waals surface area contributed by atoms with Gasteiger partial charge in [0.2, 0.25) is 0 Å². The highest BCUT2D eigenvalue weighted by molar-refractivity contribution is 6.31. The predicted molar refractivity (Wildman–Crippen MR) is 97.0 cm³/mol. The molecule has 130 valence electrons. The molecule has 1 heterocycles. The zero-order valence-corrected chi connectivity index (χ0v) is 15.2. The van der Waals surface area contributed by atoms with E-state index in [0.29, 0.717) is 6.61 Å². The van der Waals surface area contributed by atoms with Crippen molar-refractivity contribution in [3.05, 3.63) is 94.8 Å². The molecular weight excluding hydrogens is 355 g/mol. The van der Waals surface area contributed by atoms with E-state index in [9.17, 15) is 0 Å². The molecule has 0 fully saturated rings. The molecule has 2 aromatic carbocycles. The van der Waals surface area contributed by atoms with Gasteiger partial charge in [-0.1, -0.05) is 48.0 Å².